The zero-order chi connectivity index (χ0) is 19.0. The lowest BCUT2D eigenvalue weighted by molar-refractivity contribution is 0.0991. The van der Waals surface area contributed by atoms with Crippen molar-refractivity contribution in [3.63, 3.8) is 0 Å². The van der Waals surface area contributed by atoms with Crippen molar-refractivity contribution < 1.29 is 4.79 Å². The Morgan fingerprint density at radius 1 is 1.19 bits per heavy atom. The van der Waals surface area contributed by atoms with Crippen molar-refractivity contribution in [2.24, 2.45) is 14.1 Å². The third kappa shape index (κ3) is 3.08. The molecule has 6 nitrogen and oxygen atoms in total. The minimum Gasteiger partial charge on any atom is -0.308 e. The number of nitrogens with zero attached hydrogens (tertiary/aromatic N) is 3. The first-order chi connectivity index (χ1) is 12.3. The number of fused-ring (bicyclic) bond motifs is 1. The molecule has 3 rings (SSSR count). The number of hydrogen-bond donors (Lipinski definition) is 0. The van der Waals surface area contributed by atoms with Gasteiger partial charge in [-0.25, -0.2) is 4.79 Å². The first-order valence-corrected chi connectivity index (χ1v) is 9.31. The van der Waals surface area contributed by atoms with E-state index in [4.69, 9.17) is 11.6 Å². The Morgan fingerprint density at radius 3 is 2.58 bits per heavy atom. The van der Waals surface area contributed by atoms with Crippen LogP contribution < -0.4 is 16.1 Å². The van der Waals surface area contributed by atoms with Crippen molar-refractivity contribution in [1.29, 1.82) is 0 Å². The third-order valence-electron chi connectivity index (χ3n) is 4.15. The Hall–Kier alpha value is -2.38. The van der Waals surface area contributed by atoms with Crippen LogP contribution in [0.1, 0.15) is 23.0 Å². The Morgan fingerprint density at radius 2 is 1.92 bits per heavy atom. The van der Waals surface area contributed by atoms with Crippen LogP contribution in [0.15, 0.2) is 39.9 Å². The number of amides is 1. The number of carbonyl (C=O) groups is 1. The van der Waals surface area contributed by atoms with E-state index in [-0.39, 0.29) is 5.91 Å². The largest absolute Gasteiger partial charge is 0.331 e. The highest BCUT2D eigenvalue weighted by Crippen LogP contribution is 2.27. The van der Waals surface area contributed by atoms with Crippen LogP contribution in [0, 0.1) is 0 Å². The fraction of sp³-hybridized carbons (Fsp3) is 0.278. The maximum absolute atomic E-state index is 13.1. The highest BCUT2D eigenvalue weighted by atomic mass is 35.5. The van der Waals surface area contributed by atoms with Crippen molar-refractivity contribution in [3.05, 3.63) is 61.1 Å². The van der Waals surface area contributed by atoms with E-state index < -0.39 is 11.2 Å². The Balaban J connectivity index is 2.13. The SMILES string of the molecule is CCCN(C(=O)c1cc2c(=O)n(C)c(=O)n(C)c2s1)c1cccc(Cl)c1. The maximum atomic E-state index is 13.1. The van der Waals surface area contributed by atoms with Gasteiger partial charge < -0.3 is 4.90 Å². The number of hydrogen-bond acceptors (Lipinski definition) is 4. The van der Waals surface area contributed by atoms with Crippen LogP contribution in [-0.4, -0.2) is 21.6 Å². The molecule has 0 spiro atoms. The molecule has 136 valence electrons. The summed E-state index contributed by atoms with van der Waals surface area (Å²) in [6.07, 6.45) is 0.767. The van der Waals surface area contributed by atoms with Gasteiger partial charge in [0.2, 0.25) is 0 Å². The first-order valence-electron chi connectivity index (χ1n) is 8.12. The lowest BCUT2D eigenvalue weighted by atomic mass is 10.2. The number of carbonyl (C=O) groups excluding carboxylic acids is 1. The molecule has 0 N–H and O–H groups in total. The van der Waals surface area contributed by atoms with E-state index in [1.165, 1.54) is 11.6 Å². The standard InChI is InChI=1S/C18H18ClN3O3S/c1-4-8-22(12-7-5-6-11(19)9-12)16(24)14-10-13-15(23)20(2)18(25)21(3)17(13)26-14/h5-7,9-10H,4,8H2,1-3H3. The molecule has 1 amide bonds. The molecule has 8 heteroatoms. The second kappa shape index (κ2) is 7.09. The lowest BCUT2D eigenvalue weighted by Gasteiger charge is -2.21. The van der Waals surface area contributed by atoms with Gasteiger partial charge in [0.15, 0.2) is 0 Å². The molecule has 0 aliphatic carbocycles. The molecule has 0 aliphatic rings. The van der Waals surface area contributed by atoms with Crippen LogP contribution in [0.3, 0.4) is 0 Å². The van der Waals surface area contributed by atoms with Crippen LogP contribution in [0.2, 0.25) is 5.02 Å². The van der Waals surface area contributed by atoms with E-state index >= 15 is 0 Å². The zero-order valence-electron chi connectivity index (χ0n) is 14.7. The Kier molecular flexibility index (Phi) is 5.02. The summed E-state index contributed by atoms with van der Waals surface area (Å²) >= 11 is 7.21. The van der Waals surface area contributed by atoms with Gasteiger partial charge in [-0.05, 0) is 30.7 Å². The maximum Gasteiger partial charge on any atom is 0.331 e. The summed E-state index contributed by atoms with van der Waals surface area (Å²) in [5.41, 5.74) is -0.115. The molecule has 2 aromatic heterocycles. The van der Waals surface area contributed by atoms with Crippen molar-refractivity contribution in [2.75, 3.05) is 11.4 Å². The van der Waals surface area contributed by atoms with E-state index in [1.807, 2.05) is 13.0 Å². The highest BCUT2D eigenvalue weighted by Gasteiger charge is 2.22. The molecular weight excluding hydrogens is 374 g/mol. The Labute approximate surface area is 158 Å². The van der Waals surface area contributed by atoms with Crippen LogP contribution in [0.4, 0.5) is 5.69 Å². The second-order valence-corrected chi connectivity index (χ2v) is 7.44. The van der Waals surface area contributed by atoms with E-state index in [1.54, 1.807) is 36.2 Å². The van der Waals surface area contributed by atoms with Crippen molar-refractivity contribution in [2.45, 2.75) is 13.3 Å². The second-order valence-electron chi connectivity index (χ2n) is 5.97. The van der Waals surface area contributed by atoms with Gasteiger partial charge in [-0.1, -0.05) is 24.6 Å². The molecule has 0 radical (unpaired) electrons. The summed E-state index contributed by atoms with van der Waals surface area (Å²) in [6, 6.07) is 8.66. The molecule has 0 saturated heterocycles. The minimum atomic E-state index is -0.413. The predicted octanol–water partition coefficient (Wildman–Crippen LogP) is 3.01. The van der Waals surface area contributed by atoms with Crippen LogP contribution >= 0.6 is 22.9 Å². The summed E-state index contributed by atoms with van der Waals surface area (Å²) in [5.74, 6) is -0.218. The fourth-order valence-electron chi connectivity index (χ4n) is 2.82. The quantitative estimate of drug-likeness (QED) is 0.686. The molecule has 2 heterocycles. The summed E-state index contributed by atoms with van der Waals surface area (Å²) < 4.78 is 2.44. The number of aromatic nitrogens is 2. The minimum absolute atomic E-state index is 0.218. The van der Waals surface area contributed by atoms with Crippen molar-refractivity contribution >= 4 is 44.7 Å². The molecule has 0 saturated carbocycles. The monoisotopic (exact) mass is 391 g/mol. The van der Waals surface area contributed by atoms with E-state index in [0.29, 0.717) is 32.3 Å². The molecule has 0 fully saturated rings. The van der Waals surface area contributed by atoms with E-state index in [9.17, 15) is 14.4 Å². The van der Waals surface area contributed by atoms with Gasteiger partial charge in [-0.2, -0.15) is 0 Å². The molecule has 0 bridgehead atoms. The summed E-state index contributed by atoms with van der Waals surface area (Å²) in [6.45, 7) is 2.50. The molecule has 1 aromatic carbocycles. The molecule has 3 aromatic rings. The number of thiophene rings is 1. The van der Waals surface area contributed by atoms with Crippen molar-refractivity contribution in [1.82, 2.24) is 9.13 Å². The number of rotatable bonds is 4. The van der Waals surface area contributed by atoms with Gasteiger partial charge in [-0.15, -0.1) is 11.3 Å². The number of halogens is 1. The molecule has 0 aliphatic heterocycles. The third-order valence-corrected chi connectivity index (χ3v) is 5.58. The summed E-state index contributed by atoms with van der Waals surface area (Å²) in [4.78, 5) is 40.1. The van der Waals surface area contributed by atoms with Gasteiger partial charge in [0, 0.05) is 31.4 Å². The van der Waals surface area contributed by atoms with E-state index in [0.717, 1.165) is 22.3 Å². The van der Waals surface area contributed by atoms with Gasteiger partial charge in [0.1, 0.15) is 4.83 Å². The van der Waals surface area contributed by atoms with Gasteiger partial charge in [0.25, 0.3) is 11.5 Å². The zero-order valence-corrected chi connectivity index (χ0v) is 16.2. The first kappa shape index (κ1) is 18.4. The normalized spacial score (nSPS) is 11.1. The number of anilines is 1. The predicted molar refractivity (Wildman–Crippen MR) is 106 cm³/mol. The van der Waals surface area contributed by atoms with Gasteiger partial charge in [0.05, 0.1) is 10.3 Å². The fourth-order valence-corrected chi connectivity index (χ4v) is 4.06. The summed E-state index contributed by atoms with van der Waals surface area (Å²) in [7, 11) is 3.02. The molecule has 26 heavy (non-hydrogen) atoms. The van der Waals surface area contributed by atoms with Crippen LogP contribution in [0.25, 0.3) is 10.2 Å². The topological polar surface area (TPSA) is 64.3 Å². The lowest BCUT2D eigenvalue weighted by Crippen LogP contribution is -2.36. The van der Waals surface area contributed by atoms with Crippen molar-refractivity contribution in [3.8, 4) is 0 Å². The number of aryl methyl sites for hydroxylation is 1. The van der Waals surface area contributed by atoms with Gasteiger partial charge in [-0.3, -0.25) is 18.7 Å². The smallest absolute Gasteiger partial charge is 0.308 e. The molecule has 0 unspecified atom stereocenters. The van der Waals surface area contributed by atoms with Crippen LogP contribution in [-0.2, 0) is 14.1 Å². The van der Waals surface area contributed by atoms with Gasteiger partial charge >= 0.3 is 5.69 Å². The van der Waals surface area contributed by atoms with E-state index in [2.05, 4.69) is 0 Å². The average molecular weight is 392 g/mol. The van der Waals surface area contributed by atoms with Crippen LogP contribution in [0.5, 0.6) is 0 Å². The highest BCUT2D eigenvalue weighted by molar-refractivity contribution is 7.20. The number of benzene rings is 1. The Bertz CT molecular complexity index is 1110. The molecule has 0 atom stereocenters. The average Bonchev–Trinajstić information content (AvgIpc) is 3.08. The summed E-state index contributed by atoms with van der Waals surface area (Å²) in [5, 5.41) is 0.912. The molecular formula is C18H18ClN3O3S.